The summed E-state index contributed by atoms with van der Waals surface area (Å²) >= 11 is 1.15. The molecule has 3 aromatic rings. The van der Waals surface area contributed by atoms with Crippen molar-refractivity contribution in [3.05, 3.63) is 53.6 Å². The molecule has 0 fully saturated rings. The quantitative estimate of drug-likeness (QED) is 0.617. The molecule has 0 aliphatic rings. The van der Waals surface area contributed by atoms with Gasteiger partial charge < -0.3 is 10.8 Å². The minimum absolute atomic E-state index is 0.0102. The molecule has 0 aliphatic heterocycles. The van der Waals surface area contributed by atoms with Gasteiger partial charge in [-0.25, -0.2) is 13.2 Å². The maximum Gasteiger partial charge on any atom is 0.335 e. The Labute approximate surface area is 142 Å². The molecule has 3 rings (SSSR count). The second kappa shape index (κ2) is 5.81. The zero-order valence-corrected chi connectivity index (χ0v) is 14.2. The lowest BCUT2D eigenvalue weighted by molar-refractivity contribution is 0.0697. The minimum Gasteiger partial charge on any atom is -0.478 e. The first-order chi connectivity index (χ1) is 11.3. The van der Waals surface area contributed by atoms with Gasteiger partial charge in [-0.2, -0.15) is 0 Å². The Hall–Kier alpha value is -2.58. The van der Waals surface area contributed by atoms with Crippen molar-refractivity contribution in [2.24, 2.45) is 0 Å². The van der Waals surface area contributed by atoms with E-state index in [1.807, 2.05) is 0 Å². The van der Waals surface area contributed by atoms with E-state index in [2.05, 4.69) is 4.72 Å². The van der Waals surface area contributed by atoms with Crippen LogP contribution in [0.4, 0.5) is 11.4 Å². The maximum absolute atomic E-state index is 12.7. The van der Waals surface area contributed by atoms with Crippen molar-refractivity contribution in [2.45, 2.75) is 11.1 Å². The van der Waals surface area contributed by atoms with Crippen molar-refractivity contribution in [3.8, 4) is 0 Å². The van der Waals surface area contributed by atoms with Crippen molar-refractivity contribution in [3.63, 3.8) is 0 Å². The second-order valence-corrected chi connectivity index (χ2v) is 8.19. The molecule has 4 N–H and O–H groups in total. The highest BCUT2D eigenvalue weighted by Gasteiger charge is 2.22. The van der Waals surface area contributed by atoms with Gasteiger partial charge in [0.2, 0.25) is 0 Å². The number of nitrogens with one attached hydrogen (secondary N) is 1. The van der Waals surface area contributed by atoms with Crippen LogP contribution in [0, 0.1) is 6.92 Å². The maximum atomic E-state index is 12.7. The summed E-state index contributed by atoms with van der Waals surface area (Å²) in [7, 11) is -3.83. The number of fused-ring (bicyclic) bond motifs is 1. The summed E-state index contributed by atoms with van der Waals surface area (Å²) in [6.45, 7) is 1.72. The number of aryl methyl sites for hydroxylation is 1. The molecule has 1 aromatic heterocycles. The molecule has 8 heteroatoms. The smallest absolute Gasteiger partial charge is 0.335 e. The Kier molecular flexibility index (Phi) is 3.94. The van der Waals surface area contributed by atoms with Crippen LogP contribution in [0.5, 0.6) is 0 Å². The largest absolute Gasteiger partial charge is 0.478 e. The number of rotatable bonds is 4. The van der Waals surface area contributed by atoms with E-state index in [1.54, 1.807) is 25.1 Å². The Morgan fingerprint density at radius 1 is 1.21 bits per heavy atom. The monoisotopic (exact) mass is 362 g/mol. The number of nitrogen functional groups attached to an aromatic ring is 1. The van der Waals surface area contributed by atoms with Gasteiger partial charge in [-0.05, 0) is 54.3 Å². The number of hydrogen-bond acceptors (Lipinski definition) is 5. The van der Waals surface area contributed by atoms with E-state index in [4.69, 9.17) is 10.8 Å². The molecule has 6 nitrogen and oxygen atoms in total. The fourth-order valence-electron chi connectivity index (χ4n) is 2.39. The van der Waals surface area contributed by atoms with Crippen molar-refractivity contribution in [1.29, 1.82) is 0 Å². The van der Waals surface area contributed by atoms with Gasteiger partial charge in [0.15, 0.2) is 0 Å². The molecule has 124 valence electrons. The molecule has 24 heavy (non-hydrogen) atoms. The first-order valence-electron chi connectivity index (χ1n) is 6.93. The van der Waals surface area contributed by atoms with E-state index >= 15 is 0 Å². The normalized spacial score (nSPS) is 11.5. The topological polar surface area (TPSA) is 109 Å². The second-order valence-electron chi connectivity index (χ2n) is 5.26. The third-order valence-electron chi connectivity index (χ3n) is 3.52. The van der Waals surface area contributed by atoms with E-state index in [9.17, 15) is 13.2 Å². The molecule has 0 saturated carbocycles. The predicted molar refractivity (Wildman–Crippen MR) is 95.2 cm³/mol. The fourth-order valence-corrected chi connectivity index (χ4v) is 5.19. The minimum atomic E-state index is -3.83. The molecule has 0 radical (unpaired) electrons. The van der Waals surface area contributed by atoms with E-state index in [-0.39, 0.29) is 15.5 Å². The van der Waals surface area contributed by atoms with E-state index in [0.717, 1.165) is 21.4 Å². The van der Waals surface area contributed by atoms with Gasteiger partial charge in [-0.3, -0.25) is 4.72 Å². The fraction of sp³-hybridized carbons (Fsp3) is 0.0625. The number of thiophene rings is 1. The van der Waals surface area contributed by atoms with E-state index in [0.29, 0.717) is 11.3 Å². The molecule has 1 heterocycles. The van der Waals surface area contributed by atoms with Gasteiger partial charge >= 0.3 is 5.97 Å². The highest BCUT2D eigenvalue weighted by atomic mass is 32.2. The first kappa shape index (κ1) is 16.3. The lowest BCUT2D eigenvalue weighted by Gasteiger charge is -2.08. The summed E-state index contributed by atoms with van der Waals surface area (Å²) in [6.07, 6.45) is 0. The number of carboxylic acids is 1. The molecular weight excluding hydrogens is 348 g/mol. The zero-order valence-electron chi connectivity index (χ0n) is 12.6. The molecule has 0 aliphatic carbocycles. The Balaban J connectivity index is 2.04. The lowest BCUT2D eigenvalue weighted by Crippen LogP contribution is -2.13. The van der Waals surface area contributed by atoms with Crippen molar-refractivity contribution in [1.82, 2.24) is 0 Å². The van der Waals surface area contributed by atoms with Gasteiger partial charge in [0, 0.05) is 16.1 Å². The van der Waals surface area contributed by atoms with Crippen LogP contribution in [0.15, 0.2) is 46.7 Å². The number of carboxylic acid groups (broad SMARTS) is 1. The highest BCUT2D eigenvalue weighted by molar-refractivity contribution is 7.94. The van der Waals surface area contributed by atoms with Crippen LogP contribution < -0.4 is 10.5 Å². The van der Waals surface area contributed by atoms with Crippen LogP contribution in [0.25, 0.3) is 10.1 Å². The first-order valence-corrected chi connectivity index (χ1v) is 9.23. The average Bonchev–Trinajstić information content (AvgIpc) is 2.85. The standard InChI is InChI=1S/C16H14N2O4S2/c1-9-13-8-11(17)5-6-14(13)23-16(9)24(21,22)18-12-4-2-3-10(7-12)15(19)20/h2-8,18H,17H2,1H3,(H,19,20). The third kappa shape index (κ3) is 2.93. The summed E-state index contributed by atoms with van der Waals surface area (Å²) in [4.78, 5) is 11.0. The number of benzene rings is 2. The van der Waals surface area contributed by atoms with Crippen LogP contribution in [-0.4, -0.2) is 19.5 Å². The molecule has 2 aromatic carbocycles. The summed E-state index contributed by atoms with van der Waals surface area (Å²) in [5.74, 6) is -1.12. The number of anilines is 2. The van der Waals surface area contributed by atoms with Gasteiger partial charge in [0.05, 0.1) is 5.56 Å². The number of nitrogens with two attached hydrogens (primary N) is 1. The number of aromatic carboxylic acids is 1. The third-order valence-corrected chi connectivity index (χ3v) is 6.80. The number of hydrogen-bond donors (Lipinski definition) is 3. The molecule has 0 unspecified atom stereocenters. The Morgan fingerprint density at radius 3 is 2.67 bits per heavy atom. The zero-order chi connectivity index (χ0) is 17.5. The van der Waals surface area contributed by atoms with E-state index in [1.165, 1.54) is 24.3 Å². The van der Waals surface area contributed by atoms with Crippen LogP contribution >= 0.6 is 11.3 Å². The highest BCUT2D eigenvalue weighted by Crippen LogP contribution is 2.35. The van der Waals surface area contributed by atoms with Crippen molar-refractivity contribution >= 4 is 48.8 Å². The molecule has 0 spiro atoms. The van der Waals surface area contributed by atoms with Crippen LogP contribution in [0.3, 0.4) is 0 Å². The predicted octanol–water partition coefficient (Wildman–Crippen LogP) is 3.29. The number of carbonyl (C=O) groups is 1. The van der Waals surface area contributed by atoms with Gasteiger partial charge in [-0.15, -0.1) is 11.3 Å². The summed E-state index contributed by atoms with van der Waals surface area (Å²) in [5.41, 5.74) is 7.15. The molecular formula is C16H14N2O4S2. The summed E-state index contributed by atoms with van der Waals surface area (Å²) < 4.78 is 28.8. The van der Waals surface area contributed by atoms with Gasteiger partial charge in [0.1, 0.15) is 4.21 Å². The molecule has 0 saturated heterocycles. The summed E-state index contributed by atoms with van der Waals surface area (Å²) in [5, 5.41) is 9.79. The van der Waals surface area contributed by atoms with Crippen LogP contribution in [0.2, 0.25) is 0 Å². The average molecular weight is 362 g/mol. The van der Waals surface area contributed by atoms with E-state index < -0.39 is 16.0 Å². The number of sulfonamides is 1. The van der Waals surface area contributed by atoms with Gasteiger partial charge in [0.25, 0.3) is 10.0 Å². The Bertz CT molecular complexity index is 1060. The van der Waals surface area contributed by atoms with Crippen molar-refractivity contribution < 1.29 is 18.3 Å². The summed E-state index contributed by atoms with van der Waals surface area (Å²) in [6, 6.07) is 10.9. The van der Waals surface area contributed by atoms with Gasteiger partial charge in [-0.1, -0.05) is 6.07 Å². The van der Waals surface area contributed by atoms with Crippen molar-refractivity contribution in [2.75, 3.05) is 10.5 Å². The molecule has 0 atom stereocenters. The molecule has 0 bridgehead atoms. The SMILES string of the molecule is Cc1c(S(=O)(=O)Nc2cccc(C(=O)O)c2)sc2ccc(N)cc12. The van der Waals surface area contributed by atoms with Crippen LogP contribution in [0.1, 0.15) is 15.9 Å². The Morgan fingerprint density at radius 2 is 1.96 bits per heavy atom. The lowest BCUT2D eigenvalue weighted by atomic mass is 10.2. The van der Waals surface area contributed by atoms with Crippen LogP contribution in [-0.2, 0) is 10.0 Å². The molecule has 0 amide bonds.